The molecular weight excluding hydrogens is 394 g/mol. The van der Waals surface area contributed by atoms with Crippen LogP contribution in [-0.2, 0) is 11.3 Å². The van der Waals surface area contributed by atoms with E-state index in [0.717, 1.165) is 39.5 Å². The Balaban J connectivity index is 1.26. The molecule has 1 saturated heterocycles. The molecule has 0 N–H and O–H groups in total. The molecule has 5 rings (SSSR count). The zero-order valence-corrected chi connectivity index (χ0v) is 16.7. The first-order chi connectivity index (χ1) is 13.7. The average Bonchev–Trinajstić information content (AvgIpc) is 3.32. The van der Waals surface area contributed by atoms with Gasteiger partial charge in [0.25, 0.3) is 0 Å². The van der Waals surface area contributed by atoms with Crippen molar-refractivity contribution >= 4 is 55.2 Å². The zero-order chi connectivity index (χ0) is 19.1. The van der Waals surface area contributed by atoms with Gasteiger partial charge in [-0.2, -0.15) is 0 Å². The highest BCUT2D eigenvalue weighted by Crippen LogP contribution is 2.27. The zero-order valence-electron chi connectivity index (χ0n) is 15.1. The summed E-state index contributed by atoms with van der Waals surface area (Å²) < 4.78 is 1.97. The van der Waals surface area contributed by atoms with Crippen molar-refractivity contribution in [1.82, 2.24) is 19.4 Å². The number of aromatic nitrogens is 3. The molecule has 1 aromatic carbocycles. The van der Waals surface area contributed by atoms with E-state index in [1.165, 1.54) is 0 Å². The number of nitrogens with zero attached hydrogens (tertiary/aromatic N) is 5. The van der Waals surface area contributed by atoms with E-state index in [2.05, 4.69) is 14.9 Å². The quantitative estimate of drug-likeness (QED) is 0.516. The van der Waals surface area contributed by atoms with Crippen LogP contribution in [0.5, 0.6) is 0 Å². The summed E-state index contributed by atoms with van der Waals surface area (Å²) in [4.78, 5) is 27.0. The van der Waals surface area contributed by atoms with E-state index >= 15 is 0 Å². The predicted molar refractivity (Wildman–Crippen MR) is 113 cm³/mol. The van der Waals surface area contributed by atoms with Crippen LogP contribution in [0.1, 0.15) is 0 Å². The Morgan fingerprint density at radius 1 is 1.14 bits per heavy atom. The van der Waals surface area contributed by atoms with Crippen molar-refractivity contribution in [3.05, 3.63) is 53.8 Å². The summed E-state index contributed by atoms with van der Waals surface area (Å²) >= 11 is 7.72. The highest BCUT2D eigenvalue weighted by Gasteiger charge is 2.23. The predicted octanol–water partition coefficient (Wildman–Crippen LogP) is 3.65. The number of amides is 1. The van der Waals surface area contributed by atoms with E-state index in [9.17, 15) is 4.79 Å². The highest BCUT2D eigenvalue weighted by molar-refractivity contribution is 7.21. The lowest BCUT2D eigenvalue weighted by atomic mass is 10.2. The Kier molecular flexibility index (Phi) is 4.41. The number of carbonyl (C=O) groups excluding carboxylic acids is 1. The smallest absolute Gasteiger partial charge is 0.242 e. The number of fused-ring (bicyclic) bond motifs is 2. The monoisotopic (exact) mass is 411 g/mol. The second-order valence-electron chi connectivity index (χ2n) is 6.84. The summed E-state index contributed by atoms with van der Waals surface area (Å²) in [5.74, 6) is 0.128. The standard InChI is InChI=1S/C20H18ClN5OS/c21-15-4-3-14-5-7-26(17(14)12-15)13-18(27)24-8-10-25(11-9-24)20-23-16-2-1-6-22-19(16)28-20/h1-7,12H,8-11,13H2. The molecule has 28 heavy (non-hydrogen) atoms. The van der Waals surface area contributed by atoms with E-state index in [0.29, 0.717) is 24.7 Å². The van der Waals surface area contributed by atoms with Crippen molar-refractivity contribution in [1.29, 1.82) is 0 Å². The molecule has 1 aliphatic rings. The number of carbonyl (C=O) groups is 1. The topological polar surface area (TPSA) is 54.3 Å². The molecule has 0 spiro atoms. The number of hydrogen-bond donors (Lipinski definition) is 0. The van der Waals surface area contributed by atoms with Crippen molar-refractivity contribution in [3.63, 3.8) is 0 Å². The van der Waals surface area contributed by atoms with E-state index < -0.39 is 0 Å². The van der Waals surface area contributed by atoms with Crippen molar-refractivity contribution in [3.8, 4) is 0 Å². The maximum Gasteiger partial charge on any atom is 0.242 e. The molecule has 0 aliphatic carbocycles. The number of piperazine rings is 1. The van der Waals surface area contributed by atoms with Crippen LogP contribution in [0.15, 0.2) is 48.8 Å². The molecule has 0 radical (unpaired) electrons. The fourth-order valence-corrected chi connectivity index (χ4v) is 4.71. The lowest BCUT2D eigenvalue weighted by molar-refractivity contribution is -0.132. The summed E-state index contributed by atoms with van der Waals surface area (Å²) in [6.07, 6.45) is 3.74. The third-order valence-corrected chi connectivity index (χ3v) is 6.37. The van der Waals surface area contributed by atoms with Crippen LogP contribution in [0.3, 0.4) is 0 Å². The van der Waals surface area contributed by atoms with Gasteiger partial charge in [-0.25, -0.2) is 9.97 Å². The molecule has 0 saturated carbocycles. The summed E-state index contributed by atoms with van der Waals surface area (Å²) in [5.41, 5.74) is 1.92. The van der Waals surface area contributed by atoms with Gasteiger partial charge in [0.05, 0.1) is 0 Å². The summed E-state index contributed by atoms with van der Waals surface area (Å²) in [6.45, 7) is 3.28. The minimum absolute atomic E-state index is 0.128. The number of halogens is 1. The Labute approximate surface area is 171 Å². The number of rotatable bonds is 3. The second-order valence-corrected chi connectivity index (χ2v) is 8.23. The SMILES string of the molecule is O=C(Cn1ccc2ccc(Cl)cc21)N1CCN(c2nc3cccnc3s2)CC1. The van der Waals surface area contributed by atoms with Gasteiger partial charge in [0, 0.05) is 49.1 Å². The minimum atomic E-state index is 0.128. The van der Waals surface area contributed by atoms with Gasteiger partial charge in [0.2, 0.25) is 5.91 Å². The first-order valence-electron chi connectivity index (χ1n) is 9.16. The maximum atomic E-state index is 12.8. The number of pyridine rings is 1. The van der Waals surface area contributed by atoms with Crippen molar-refractivity contribution in [2.75, 3.05) is 31.1 Å². The van der Waals surface area contributed by atoms with Crippen molar-refractivity contribution < 1.29 is 4.79 Å². The van der Waals surface area contributed by atoms with Gasteiger partial charge in [-0.05, 0) is 35.7 Å². The van der Waals surface area contributed by atoms with Gasteiger partial charge in [-0.1, -0.05) is 29.0 Å². The van der Waals surface area contributed by atoms with E-state index in [1.54, 1.807) is 17.5 Å². The molecule has 6 nitrogen and oxygen atoms in total. The Bertz CT molecular complexity index is 1130. The minimum Gasteiger partial charge on any atom is -0.344 e. The molecule has 1 amide bonds. The lowest BCUT2D eigenvalue weighted by Crippen LogP contribution is -2.49. The number of thiazole rings is 1. The van der Waals surface area contributed by atoms with Crippen LogP contribution < -0.4 is 4.90 Å². The summed E-state index contributed by atoms with van der Waals surface area (Å²) in [6, 6.07) is 11.6. The van der Waals surface area contributed by atoms with Crippen LogP contribution >= 0.6 is 22.9 Å². The number of benzene rings is 1. The lowest BCUT2D eigenvalue weighted by Gasteiger charge is -2.34. The molecule has 142 valence electrons. The Hall–Kier alpha value is -2.64. The van der Waals surface area contributed by atoms with Crippen LogP contribution in [0.4, 0.5) is 5.13 Å². The first-order valence-corrected chi connectivity index (χ1v) is 10.4. The van der Waals surface area contributed by atoms with Crippen LogP contribution in [0, 0.1) is 0 Å². The molecule has 4 aromatic rings. The Morgan fingerprint density at radius 3 is 2.82 bits per heavy atom. The van der Waals surface area contributed by atoms with Gasteiger partial charge in [-0.15, -0.1) is 0 Å². The van der Waals surface area contributed by atoms with E-state index in [1.807, 2.05) is 52.1 Å². The molecule has 4 heterocycles. The van der Waals surface area contributed by atoms with Gasteiger partial charge >= 0.3 is 0 Å². The molecule has 0 unspecified atom stereocenters. The van der Waals surface area contributed by atoms with Gasteiger partial charge in [0.15, 0.2) is 5.13 Å². The highest BCUT2D eigenvalue weighted by atomic mass is 35.5. The molecular formula is C20H18ClN5OS. The normalized spacial score (nSPS) is 14.9. The van der Waals surface area contributed by atoms with E-state index in [4.69, 9.17) is 11.6 Å². The summed E-state index contributed by atoms with van der Waals surface area (Å²) in [5, 5.41) is 2.75. The maximum absolute atomic E-state index is 12.8. The summed E-state index contributed by atoms with van der Waals surface area (Å²) in [7, 11) is 0. The molecule has 1 aliphatic heterocycles. The van der Waals surface area contributed by atoms with Crippen LogP contribution in [-0.4, -0.2) is 51.5 Å². The number of anilines is 1. The number of hydrogen-bond acceptors (Lipinski definition) is 5. The fourth-order valence-electron chi connectivity index (χ4n) is 3.58. The molecule has 0 bridgehead atoms. The molecule has 8 heteroatoms. The van der Waals surface area contributed by atoms with E-state index in [-0.39, 0.29) is 5.91 Å². The molecule has 3 aromatic heterocycles. The fraction of sp³-hybridized carbons (Fsp3) is 0.250. The van der Waals surface area contributed by atoms with Crippen molar-refractivity contribution in [2.24, 2.45) is 0 Å². The van der Waals surface area contributed by atoms with Gasteiger partial charge in [0.1, 0.15) is 16.9 Å². The first kappa shape index (κ1) is 17.5. The Morgan fingerprint density at radius 2 is 2.00 bits per heavy atom. The van der Waals surface area contributed by atoms with Crippen LogP contribution in [0.2, 0.25) is 5.02 Å². The molecule has 0 atom stereocenters. The van der Waals surface area contributed by atoms with Crippen LogP contribution in [0.25, 0.3) is 21.3 Å². The molecule has 1 fully saturated rings. The largest absolute Gasteiger partial charge is 0.344 e. The van der Waals surface area contributed by atoms with Gasteiger partial charge < -0.3 is 14.4 Å². The average molecular weight is 412 g/mol. The third kappa shape index (κ3) is 3.21. The van der Waals surface area contributed by atoms with Crippen molar-refractivity contribution in [2.45, 2.75) is 6.54 Å². The second kappa shape index (κ2) is 7.07. The van der Waals surface area contributed by atoms with Gasteiger partial charge in [-0.3, -0.25) is 4.79 Å². The third-order valence-electron chi connectivity index (χ3n) is 5.10.